The van der Waals surface area contributed by atoms with Gasteiger partial charge >= 0.3 is 0 Å². The number of nitrogens with one attached hydrogen (secondary N) is 1. The second-order valence-corrected chi connectivity index (χ2v) is 6.11. The summed E-state index contributed by atoms with van der Waals surface area (Å²) in [7, 11) is 0. The number of fused-ring (bicyclic) bond motifs is 2. The predicted octanol–water partition coefficient (Wildman–Crippen LogP) is 4.56. The van der Waals surface area contributed by atoms with Crippen LogP contribution in [-0.2, 0) is 12.8 Å². The van der Waals surface area contributed by atoms with Crippen molar-refractivity contribution in [2.45, 2.75) is 51.0 Å². The smallest absolute Gasteiger partial charge is 0.0578 e. The molecule has 0 bridgehead atoms. The lowest BCUT2D eigenvalue weighted by molar-refractivity contribution is 0.568. The number of rotatable bonds is 2. The van der Waals surface area contributed by atoms with Crippen LogP contribution in [0.4, 0.5) is 0 Å². The highest BCUT2D eigenvalue weighted by Crippen LogP contribution is 2.30. The summed E-state index contributed by atoms with van der Waals surface area (Å²) < 4.78 is 44.3. The highest BCUT2D eigenvalue weighted by molar-refractivity contribution is 5.34. The summed E-state index contributed by atoms with van der Waals surface area (Å²) in [6.07, 6.45) is 11.4. The Labute approximate surface area is 173 Å². The molecule has 0 spiro atoms. The van der Waals surface area contributed by atoms with Gasteiger partial charge in [-0.3, -0.25) is 5.32 Å². The van der Waals surface area contributed by atoms with Crippen molar-refractivity contribution in [3.63, 3.8) is 0 Å². The molecule has 140 valence electrons. The molecule has 27 heavy (non-hydrogen) atoms. The van der Waals surface area contributed by atoms with Crippen LogP contribution < -0.4 is 11.1 Å². The fourth-order valence-electron chi connectivity index (χ4n) is 3.12. The van der Waals surface area contributed by atoms with Crippen molar-refractivity contribution in [2.75, 3.05) is 6.50 Å². The van der Waals surface area contributed by atoms with Crippen molar-refractivity contribution in [1.82, 2.24) is 5.32 Å². The summed E-state index contributed by atoms with van der Waals surface area (Å²) in [4.78, 5) is 0. The summed E-state index contributed by atoms with van der Waals surface area (Å²) in [6, 6.07) is 13.6. The largest absolute Gasteiger partial charge is 0.324 e. The minimum Gasteiger partial charge on any atom is -0.324 e. The van der Waals surface area contributed by atoms with Crippen LogP contribution in [0.3, 0.4) is 0 Å². The number of nitrogens with two attached hydrogens (primary N) is 1. The summed E-state index contributed by atoms with van der Waals surface area (Å²) in [5, 5.41) is 2.60. The van der Waals surface area contributed by atoms with Crippen molar-refractivity contribution < 1.29 is 8.22 Å². The van der Waals surface area contributed by atoms with E-state index in [4.69, 9.17) is 20.4 Å². The lowest BCUT2D eigenvalue weighted by Gasteiger charge is -2.10. The van der Waals surface area contributed by atoms with Gasteiger partial charge in [-0.05, 0) is 47.9 Å². The Kier molecular flexibility index (Phi) is 5.67. The Morgan fingerprint density at radius 3 is 2.19 bits per heavy atom. The fraction of sp³-hybridized carbons (Fsp3) is 0.360. The normalized spacial score (nSPS) is 28.3. The van der Waals surface area contributed by atoms with Gasteiger partial charge in [-0.1, -0.05) is 61.4 Å². The van der Waals surface area contributed by atoms with E-state index in [0.717, 1.165) is 36.0 Å². The molecule has 2 nitrogen and oxygen atoms in total. The van der Waals surface area contributed by atoms with Crippen molar-refractivity contribution in [1.29, 1.82) is 0 Å². The molecular formula is C25H30N2. The first-order valence-electron chi connectivity index (χ1n) is 11.9. The van der Waals surface area contributed by atoms with Gasteiger partial charge in [-0.2, -0.15) is 0 Å². The standard InChI is InChI=1S/C12H13N.C9H11N.C4H6/c1-2-9-13-12-8-7-10-5-3-4-6-11(10)12;10-9-6-5-7-3-1-2-4-8(7)9;1-3-4-2/h1,3-6,12-13H,7-9H2;1-4,9H,5-6,10H2;1H,4H2,2H3/i9D2,12D;9D;4D2. The maximum atomic E-state index is 8.27. The minimum absolute atomic E-state index is 0.549. The Morgan fingerprint density at radius 1 is 1.04 bits per heavy atom. The van der Waals surface area contributed by atoms with Gasteiger partial charge in [-0.25, -0.2) is 0 Å². The van der Waals surface area contributed by atoms with E-state index in [1.54, 1.807) is 0 Å². The third kappa shape index (κ3) is 6.00. The first-order chi connectivity index (χ1) is 15.2. The zero-order chi connectivity index (χ0) is 24.9. The zero-order valence-electron chi connectivity index (χ0n) is 21.7. The molecule has 0 aromatic heterocycles. The molecule has 2 unspecified atom stereocenters. The molecule has 0 aliphatic heterocycles. The molecule has 2 heteroatoms. The molecule has 0 saturated carbocycles. The molecule has 0 amide bonds. The summed E-state index contributed by atoms with van der Waals surface area (Å²) in [5.74, 6) is 3.96. The summed E-state index contributed by atoms with van der Waals surface area (Å²) >= 11 is 0. The van der Waals surface area contributed by atoms with Crippen LogP contribution in [0.25, 0.3) is 0 Å². The molecule has 0 radical (unpaired) electrons. The zero-order valence-corrected chi connectivity index (χ0v) is 15.7. The molecule has 2 aromatic carbocycles. The minimum atomic E-state index is -1.95. The third-order valence-electron chi connectivity index (χ3n) is 4.44. The van der Waals surface area contributed by atoms with Gasteiger partial charge in [0.25, 0.3) is 0 Å². The van der Waals surface area contributed by atoms with Crippen molar-refractivity contribution in [3.8, 4) is 24.7 Å². The van der Waals surface area contributed by atoms with Gasteiger partial charge in [0.05, 0.1) is 12.0 Å². The number of benzene rings is 2. The van der Waals surface area contributed by atoms with E-state index >= 15 is 0 Å². The molecule has 0 heterocycles. The van der Waals surface area contributed by atoms with Gasteiger partial charge in [0.2, 0.25) is 0 Å². The van der Waals surface area contributed by atoms with E-state index in [0.29, 0.717) is 6.42 Å². The van der Waals surface area contributed by atoms with E-state index in [1.165, 1.54) is 12.5 Å². The highest BCUT2D eigenvalue weighted by Gasteiger charge is 2.20. The average molecular weight is 365 g/mol. The SMILES string of the molecule is [2H]C([2H])(C#C)NC1([2H])CCc2ccccc21.[2H]C([2H])(C)C#C.[2H]C1(N)CCc2ccccc21. The molecule has 4 rings (SSSR count). The quantitative estimate of drug-likeness (QED) is 0.767. The lowest BCUT2D eigenvalue weighted by Crippen LogP contribution is -2.19. The monoisotopic (exact) mass is 364 g/mol. The molecule has 2 aliphatic rings. The Hall–Kier alpha value is -2.52. The Balaban J connectivity index is 0.000000196. The van der Waals surface area contributed by atoms with Crippen LogP contribution in [0.1, 0.15) is 68.7 Å². The summed E-state index contributed by atoms with van der Waals surface area (Å²) in [5.41, 5.74) is 9.92. The number of terminal acetylenes is 2. The van der Waals surface area contributed by atoms with E-state index in [2.05, 4.69) is 17.8 Å². The van der Waals surface area contributed by atoms with Crippen LogP contribution in [0.15, 0.2) is 48.5 Å². The average Bonchev–Trinajstić information content (AvgIpc) is 3.25. The van der Waals surface area contributed by atoms with E-state index < -0.39 is 24.9 Å². The number of hydrogen-bond donors (Lipinski definition) is 2. The first-order valence-corrected chi connectivity index (χ1v) is 8.93. The third-order valence-corrected chi connectivity index (χ3v) is 4.44. The molecule has 0 fully saturated rings. The fourth-order valence-corrected chi connectivity index (χ4v) is 3.12. The molecule has 2 atom stereocenters. The van der Waals surface area contributed by atoms with Gasteiger partial charge in [0.1, 0.15) is 0 Å². The van der Waals surface area contributed by atoms with Crippen molar-refractivity contribution in [2.24, 2.45) is 5.73 Å². The first kappa shape index (κ1) is 13.6. The highest BCUT2D eigenvalue weighted by atomic mass is 14.9. The Morgan fingerprint density at radius 2 is 1.59 bits per heavy atom. The van der Waals surface area contributed by atoms with Crippen LogP contribution in [0, 0.1) is 24.7 Å². The molecule has 0 saturated heterocycles. The van der Waals surface area contributed by atoms with Crippen LogP contribution in [-0.4, -0.2) is 6.50 Å². The van der Waals surface area contributed by atoms with Crippen LogP contribution in [0.2, 0.25) is 0 Å². The van der Waals surface area contributed by atoms with E-state index in [-0.39, 0.29) is 0 Å². The van der Waals surface area contributed by atoms with Crippen molar-refractivity contribution >= 4 is 0 Å². The molecule has 2 aromatic rings. The Bertz CT molecular complexity index is 1050. The topological polar surface area (TPSA) is 38.0 Å². The van der Waals surface area contributed by atoms with Crippen molar-refractivity contribution in [3.05, 3.63) is 70.8 Å². The maximum Gasteiger partial charge on any atom is 0.0578 e. The van der Waals surface area contributed by atoms with Gasteiger partial charge < -0.3 is 5.73 Å². The van der Waals surface area contributed by atoms with E-state index in [1.807, 2.05) is 54.3 Å². The molecular weight excluding hydrogens is 328 g/mol. The van der Waals surface area contributed by atoms with Gasteiger partial charge in [0.15, 0.2) is 0 Å². The second-order valence-electron chi connectivity index (χ2n) is 6.11. The molecule has 2 aliphatic carbocycles. The second kappa shape index (κ2) is 11.2. The maximum absolute atomic E-state index is 8.27. The van der Waals surface area contributed by atoms with Crippen LogP contribution in [0.5, 0.6) is 0 Å². The molecule has 3 N–H and O–H groups in total. The van der Waals surface area contributed by atoms with Gasteiger partial charge in [-0.15, -0.1) is 18.8 Å². The predicted molar refractivity (Wildman–Crippen MR) is 115 cm³/mol. The number of aryl methyl sites for hydroxylation is 2. The summed E-state index contributed by atoms with van der Waals surface area (Å²) in [6.45, 7) is -0.605. The number of hydrogen-bond acceptors (Lipinski definition) is 2. The van der Waals surface area contributed by atoms with E-state index in [9.17, 15) is 0 Å². The van der Waals surface area contributed by atoms with Gasteiger partial charge in [0, 0.05) is 21.2 Å². The van der Waals surface area contributed by atoms with Crippen LogP contribution >= 0.6 is 0 Å². The lowest BCUT2D eigenvalue weighted by atomic mass is 10.1.